The van der Waals surface area contributed by atoms with Gasteiger partial charge in [-0.1, -0.05) is 27.7 Å². The van der Waals surface area contributed by atoms with Crippen LogP contribution in [0, 0.1) is 5.41 Å². The van der Waals surface area contributed by atoms with Gasteiger partial charge in [0, 0.05) is 23.1 Å². The molecule has 0 bridgehead atoms. The molecule has 6 heteroatoms. The Morgan fingerprint density at radius 2 is 2.13 bits per heavy atom. The van der Waals surface area contributed by atoms with Gasteiger partial charge in [0.05, 0.1) is 6.61 Å². The molecule has 0 aromatic carbocycles. The summed E-state index contributed by atoms with van der Waals surface area (Å²) in [6, 6.07) is 0. The minimum Gasteiger partial charge on any atom is -0.381 e. The number of thioether (sulfide) groups is 1. The Hall–Kier alpha value is 0.580. The molecule has 1 fully saturated rings. The van der Waals surface area contributed by atoms with Crippen LogP contribution in [0.4, 0.5) is 13.2 Å². The summed E-state index contributed by atoms with van der Waals surface area (Å²) in [5, 5.41) is 0.721. The van der Waals surface area contributed by atoms with E-state index in [1.807, 2.05) is 0 Å². The monoisotopic (exact) mass is 306 g/mol. The summed E-state index contributed by atoms with van der Waals surface area (Å²) >= 11 is 3.44. The lowest BCUT2D eigenvalue weighted by molar-refractivity contribution is -0.0334. The Labute approximate surface area is 100 Å². The average Bonchev–Trinajstić information content (AvgIpc) is 2.17. The van der Waals surface area contributed by atoms with Crippen LogP contribution in [0.25, 0.3) is 0 Å². The van der Waals surface area contributed by atoms with Gasteiger partial charge in [0.1, 0.15) is 0 Å². The van der Waals surface area contributed by atoms with E-state index in [-0.39, 0.29) is 22.9 Å². The maximum absolute atomic E-state index is 12.0. The van der Waals surface area contributed by atoms with Crippen molar-refractivity contribution in [1.29, 1.82) is 0 Å². The zero-order chi connectivity index (χ0) is 11.4. The van der Waals surface area contributed by atoms with Gasteiger partial charge in [-0.2, -0.15) is 13.2 Å². The normalized spacial score (nSPS) is 28.0. The fourth-order valence-electron chi connectivity index (χ4n) is 1.66. The molecule has 1 nitrogen and oxygen atoms in total. The highest BCUT2D eigenvalue weighted by Crippen LogP contribution is 2.38. The minimum atomic E-state index is -4.11. The van der Waals surface area contributed by atoms with Gasteiger partial charge >= 0.3 is 5.51 Å². The molecule has 0 spiro atoms. The van der Waals surface area contributed by atoms with Crippen LogP contribution in [-0.4, -0.2) is 29.8 Å². The number of hydrogen-bond donors (Lipinski definition) is 0. The molecule has 1 unspecified atom stereocenters. The molecular formula is C9H14BrF3OS. The number of hydrogen-bond acceptors (Lipinski definition) is 2. The van der Waals surface area contributed by atoms with Crippen LogP contribution in [-0.2, 0) is 4.74 Å². The van der Waals surface area contributed by atoms with E-state index < -0.39 is 5.51 Å². The van der Waals surface area contributed by atoms with Gasteiger partial charge in [-0.05, 0) is 19.3 Å². The maximum Gasteiger partial charge on any atom is 0.441 e. The summed E-state index contributed by atoms with van der Waals surface area (Å²) in [7, 11) is 0. The van der Waals surface area contributed by atoms with Crippen molar-refractivity contribution >= 4 is 27.7 Å². The second kappa shape index (κ2) is 5.77. The van der Waals surface area contributed by atoms with Gasteiger partial charge in [0.15, 0.2) is 0 Å². The van der Waals surface area contributed by atoms with Crippen molar-refractivity contribution in [3.63, 3.8) is 0 Å². The van der Waals surface area contributed by atoms with Crippen molar-refractivity contribution in [3.8, 4) is 0 Å². The summed E-state index contributed by atoms with van der Waals surface area (Å²) < 4.78 is 41.2. The highest BCUT2D eigenvalue weighted by atomic mass is 79.9. The first-order chi connectivity index (χ1) is 6.97. The molecule has 0 saturated carbocycles. The van der Waals surface area contributed by atoms with E-state index in [9.17, 15) is 13.2 Å². The Morgan fingerprint density at radius 1 is 1.40 bits per heavy atom. The lowest BCUT2D eigenvalue weighted by Crippen LogP contribution is -2.34. The largest absolute Gasteiger partial charge is 0.441 e. The summed E-state index contributed by atoms with van der Waals surface area (Å²) in [6.07, 6.45) is 2.46. The molecule has 1 heterocycles. The molecule has 15 heavy (non-hydrogen) atoms. The van der Waals surface area contributed by atoms with Gasteiger partial charge < -0.3 is 4.74 Å². The predicted octanol–water partition coefficient (Wildman–Crippen LogP) is 3.82. The number of ether oxygens (including phenoxy) is 1. The van der Waals surface area contributed by atoms with Gasteiger partial charge in [-0.25, -0.2) is 0 Å². The molecule has 1 rings (SSSR count). The van der Waals surface area contributed by atoms with E-state index in [0.717, 1.165) is 24.8 Å². The first-order valence-corrected chi connectivity index (χ1v) is 6.93. The first-order valence-electron chi connectivity index (χ1n) is 4.82. The molecule has 0 aromatic heterocycles. The van der Waals surface area contributed by atoms with Crippen molar-refractivity contribution < 1.29 is 17.9 Å². The van der Waals surface area contributed by atoms with E-state index >= 15 is 0 Å². The fourth-order valence-corrected chi connectivity index (χ4v) is 3.15. The lowest BCUT2D eigenvalue weighted by Gasteiger charge is -2.35. The van der Waals surface area contributed by atoms with Crippen LogP contribution in [0.15, 0.2) is 0 Å². The summed E-state index contributed by atoms with van der Waals surface area (Å²) in [4.78, 5) is 0. The topological polar surface area (TPSA) is 9.23 Å². The number of alkyl halides is 4. The average molecular weight is 307 g/mol. The van der Waals surface area contributed by atoms with Gasteiger partial charge in [0.2, 0.25) is 0 Å². The van der Waals surface area contributed by atoms with Crippen molar-refractivity contribution in [3.05, 3.63) is 0 Å². The second-order valence-electron chi connectivity index (χ2n) is 3.83. The molecule has 90 valence electrons. The van der Waals surface area contributed by atoms with E-state index in [1.54, 1.807) is 0 Å². The molecule has 0 aliphatic carbocycles. The zero-order valence-electron chi connectivity index (χ0n) is 8.28. The zero-order valence-corrected chi connectivity index (χ0v) is 10.7. The second-order valence-corrected chi connectivity index (χ2v) is 5.55. The molecule has 1 aliphatic heterocycles. The number of halogens is 4. The molecule has 0 aromatic rings. The highest BCUT2D eigenvalue weighted by Gasteiger charge is 2.34. The maximum atomic E-state index is 12.0. The highest BCUT2D eigenvalue weighted by molar-refractivity contribution is 9.09. The third kappa shape index (κ3) is 4.95. The minimum absolute atomic E-state index is 0.0647. The predicted molar refractivity (Wildman–Crippen MR) is 59.4 cm³/mol. The van der Waals surface area contributed by atoms with Gasteiger partial charge in [0.25, 0.3) is 0 Å². The third-order valence-electron chi connectivity index (χ3n) is 2.59. The van der Waals surface area contributed by atoms with Crippen molar-refractivity contribution in [2.75, 3.05) is 24.3 Å². The Balaban J connectivity index is 2.33. The van der Waals surface area contributed by atoms with Crippen molar-refractivity contribution in [1.82, 2.24) is 0 Å². The molecule has 1 atom stereocenters. The van der Waals surface area contributed by atoms with Crippen molar-refractivity contribution in [2.45, 2.75) is 24.8 Å². The lowest BCUT2D eigenvalue weighted by atomic mass is 9.82. The van der Waals surface area contributed by atoms with E-state index in [1.165, 1.54) is 0 Å². The Kier molecular flexibility index (Phi) is 5.25. The van der Waals surface area contributed by atoms with Gasteiger partial charge in [-0.15, -0.1) is 0 Å². The quantitative estimate of drug-likeness (QED) is 0.730. The third-order valence-corrected chi connectivity index (χ3v) is 4.51. The number of rotatable bonds is 4. The Morgan fingerprint density at radius 3 is 2.60 bits per heavy atom. The Bertz CT molecular complexity index is 192. The smallest absolute Gasteiger partial charge is 0.381 e. The standard InChI is InChI=1S/C9H14BrF3OS/c10-6-8(2-1-4-14-7-8)3-5-15-9(11,12)13/h1-7H2. The molecular weight excluding hydrogens is 293 g/mol. The van der Waals surface area contributed by atoms with E-state index in [0.29, 0.717) is 13.0 Å². The SMILES string of the molecule is FC(F)(F)SCCC1(CBr)CCCOC1. The van der Waals surface area contributed by atoms with Crippen molar-refractivity contribution in [2.24, 2.45) is 5.41 Å². The van der Waals surface area contributed by atoms with Crippen LogP contribution < -0.4 is 0 Å². The van der Waals surface area contributed by atoms with Crippen LogP contribution >= 0.6 is 27.7 Å². The molecule has 0 amide bonds. The van der Waals surface area contributed by atoms with Gasteiger partial charge in [-0.3, -0.25) is 0 Å². The molecule has 0 N–H and O–H groups in total. The van der Waals surface area contributed by atoms with E-state index in [2.05, 4.69) is 15.9 Å². The van der Waals surface area contributed by atoms with E-state index in [4.69, 9.17) is 4.74 Å². The fraction of sp³-hybridized carbons (Fsp3) is 1.00. The molecule has 1 saturated heterocycles. The first kappa shape index (κ1) is 13.6. The van der Waals surface area contributed by atoms with Crippen LogP contribution in [0.2, 0.25) is 0 Å². The molecule has 0 radical (unpaired) electrons. The van der Waals surface area contributed by atoms with Crippen LogP contribution in [0.5, 0.6) is 0 Å². The van der Waals surface area contributed by atoms with Crippen LogP contribution in [0.1, 0.15) is 19.3 Å². The summed E-state index contributed by atoms with van der Waals surface area (Å²) in [6.45, 7) is 1.32. The summed E-state index contributed by atoms with van der Waals surface area (Å²) in [5.41, 5.74) is -4.19. The summed E-state index contributed by atoms with van der Waals surface area (Å²) in [5.74, 6) is 0.123. The molecule has 1 aliphatic rings. The van der Waals surface area contributed by atoms with Crippen LogP contribution in [0.3, 0.4) is 0 Å².